The number of aliphatic hydroxyl groups is 1. The largest absolute Gasteiger partial charge is 0.481 e. The summed E-state index contributed by atoms with van der Waals surface area (Å²) in [6.07, 6.45) is 11.1. The summed E-state index contributed by atoms with van der Waals surface area (Å²) in [5, 5.41) is 21.9. The summed E-state index contributed by atoms with van der Waals surface area (Å²) >= 11 is 0. The van der Waals surface area contributed by atoms with E-state index in [0.29, 0.717) is 30.3 Å². The molecule has 2 unspecified atom stereocenters. The lowest BCUT2D eigenvalue weighted by Gasteiger charge is -2.71. The normalized spacial score (nSPS) is 47.5. The molecule has 0 spiro atoms. The standard InChI is InChI=1S/C35H54O5/c1-10-21(2)28(37)40-27-20-30(3,4)19-23-22-11-12-25-32(7)15-14-26(36)31(5,6)24(32)13-16-34(25,9)33(22,8)17-18-35(23,27)29(38)39/h10-11,23-27,36H,12-20H2,1-9H3,(H,38,39)/b21-10-/t23-,24?,25?,26-,27+,32-,33+,34+,35-/m0/s1. The van der Waals surface area contributed by atoms with E-state index in [1.807, 2.05) is 6.92 Å². The van der Waals surface area contributed by atoms with Crippen LogP contribution in [0.25, 0.3) is 0 Å². The summed E-state index contributed by atoms with van der Waals surface area (Å²) in [6.45, 7) is 20.0. The second-order valence-corrected chi connectivity index (χ2v) is 16.5. The molecule has 224 valence electrons. The number of hydrogen-bond acceptors (Lipinski definition) is 4. The molecule has 0 heterocycles. The van der Waals surface area contributed by atoms with Crippen molar-refractivity contribution in [1.82, 2.24) is 0 Å². The lowest BCUT2D eigenvalue weighted by atomic mass is 9.33. The maximum absolute atomic E-state index is 13.4. The van der Waals surface area contributed by atoms with E-state index in [1.165, 1.54) is 5.57 Å². The maximum Gasteiger partial charge on any atom is 0.333 e. The lowest BCUT2D eigenvalue weighted by molar-refractivity contribution is -0.215. The molecule has 5 heteroatoms. The van der Waals surface area contributed by atoms with E-state index in [-0.39, 0.29) is 39.1 Å². The number of carboxylic acids is 1. The van der Waals surface area contributed by atoms with Crippen LogP contribution in [0.5, 0.6) is 0 Å². The van der Waals surface area contributed by atoms with Gasteiger partial charge in [-0.3, -0.25) is 4.79 Å². The molecule has 0 amide bonds. The fourth-order valence-electron chi connectivity index (χ4n) is 11.3. The number of fused-ring (bicyclic) bond motifs is 7. The zero-order chi connectivity index (χ0) is 29.7. The Labute approximate surface area is 242 Å². The number of rotatable bonds is 3. The van der Waals surface area contributed by atoms with Crippen molar-refractivity contribution in [3.8, 4) is 0 Å². The van der Waals surface area contributed by atoms with Crippen LogP contribution >= 0.6 is 0 Å². The second-order valence-electron chi connectivity index (χ2n) is 16.5. The molecule has 40 heavy (non-hydrogen) atoms. The number of aliphatic hydroxyl groups excluding tert-OH is 1. The van der Waals surface area contributed by atoms with Crippen LogP contribution in [0.3, 0.4) is 0 Å². The Kier molecular flexibility index (Phi) is 6.86. The minimum absolute atomic E-state index is 0.0562. The van der Waals surface area contributed by atoms with Crippen LogP contribution in [0.4, 0.5) is 0 Å². The van der Waals surface area contributed by atoms with Gasteiger partial charge in [0.1, 0.15) is 11.5 Å². The van der Waals surface area contributed by atoms with Crippen molar-refractivity contribution < 1.29 is 24.5 Å². The molecule has 0 aromatic carbocycles. The van der Waals surface area contributed by atoms with Gasteiger partial charge >= 0.3 is 11.9 Å². The SMILES string of the molecule is C/C=C(/C)C(=O)O[C@@H]1CC(C)(C)C[C@H]2C3=CCC4[C@@]5(C)CC[C@H](O)C(C)(C)C5CC[C@@]4(C)[C@]3(C)CC[C@@]12C(=O)O. The average Bonchev–Trinajstić information content (AvgIpc) is 2.85. The highest BCUT2D eigenvalue weighted by atomic mass is 16.5. The first kappa shape index (κ1) is 29.9. The second kappa shape index (κ2) is 9.19. The molecule has 0 saturated heterocycles. The van der Waals surface area contributed by atoms with Gasteiger partial charge in [0, 0.05) is 11.5 Å². The number of esters is 1. The van der Waals surface area contributed by atoms with E-state index in [4.69, 9.17) is 4.74 Å². The first-order valence-electron chi connectivity index (χ1n) is 15.9. The predicted octanol–water partition coefficient (Wildman–Crippen LogP) is 7.72. The molecular formula is C35H54O5. The number of aliphatic carboxylic acids is 1. The summed E-state index contributed by atoms with van der Waals surface area (Å²) in [4.78, 5) is 26.4. The molecule has 0 aliphatic heterocycles. The van der Waals surface area contributed by atoms with Crippen LogP contribution in [-0.4, -0.2) is 34.4 Å². The summed E-state index contributed by atoms with van der Waals surface area (Å²) in [5.41, 5.74) is 0.632. The van der Waals surface area contributed by atoms with Gasteiger partial charge in [-0.1, -0.05) is 66.2 Å². The van der Waals surface area contributed by atoms with Gasteiger partial charge in [-0.25, -0.2) is 4.79 Å². The molecule has 2 N–H and O–H groups in total. The van der Waals surface area contributed by atoms with Gasteiger partial charge in [0.25, 0.3) is 0 Å². The Morgan fingerprint density at radius 3 is 2.25 bits per heavy atom. The molecule has 4 saturated carbocycles. The third kappa shape index (κ3) is 3.81. The van der Waals surface area contributed by atoms with E-state index < -0.39 is 23.5 Å². The smallest absolute Gasteiger partial charge is 0.333 e. The first-order chi connectivity index (χ1) is 18.4. The lowest BCUT2D eigenvalue weighted by Crippen LogP contribution is -2.66. The fourth-order valence-corrected chi connectivity index (χ4v) is 11.3. The van der Waals surface area contributed by atoms with Crippen LogP contribution in [-0.2, 0) is 14.3 Å². The number of allylic oxidation sites excluding steroid dienone is 3. The van der Waals surface area contributed by atoms with Crippen molar-refractivity contribution >= 4 is 11.9 Å². The van der Waals surface area contributed by atoms with Gasteiger partial charge in [-0.05, 0) is 111 Å². The number of carbonyl (C=O) groups is 2. The monoisotopic (exact) mass is 554 g/mol. The van der Waals surface area contributed by atoms with Crippen LogP contribution in [0.1, 0.15) is 120 Å². The maximum atomic E-state index is 13.4. The van der Waals surface area contributed by atoms with Gasteiger partial charge in [-0.2, -0.15) is 0 Å². The van der Waals surface area contributed by atoms with Crippen molar-refractivity contribution in [3.63, 3.8) is 0 Å². The van der Waals surface area contributed by atoms with Gasteiger partial charge in [0.2, 0.25) is 0 Å². The molecule has 0 aromatic heterocycles. The minimum atomic E-state index is -1.09. The molecule has 5 aliphatic rings. The molecule has 4 fully saturated rings. The highest BCUT2D eigenvalue weighted by Gasteiger charge is 2.71. The van der Waals surface area contributed by atoms with E-state index in [2.05, 4.69) is 54.5 Å². The van der Waals surface area contributed by atoms with Crippen molar-refractivity contribution in [3.05, 3.63) is 23.3 Å². The first-order valence-corrected chi connectivity index (χ1v) is 15.9. The summed E-state index contributed by atoms with van der Waals surface area (Å²) in [5.74, 6) is -0.369. The zero-order valence-corrected chi connectivity index (χ0v) is 26.5. The quantitative estimate of drug-likeness (QED) is 0.212. The number of carboxylic acid groups (broad SMARTS) is 1. The van der Waals surface area contributed by atoms with E-state index in [1.54, 1.807) is 13.0 Å². The molecule has 5 aliphatic carbocycles. The summed E-state index contributed by atoms with van der Waals surface area (Å²) < 4.78 is 6.14. The molecule has 0 aromatic rings. The molecule has 9 atom stereocenters. The Morgan fingerprint density at radius 2 is 1.62 bits per heavy atom. The fraction of sp³-hybridized carbons (Fsp3) is 0.829. The Balaban J connectivity index is 1.60. The van der Waals surface area contributed by atoms with Crippen LogP contribution in [0, 0.1) is 50.2 Å². The topological polar surface area (TPSA) is 83.8 Å². The van der Waals surface area contributed by atoms with Gasteiger partial charge in [-0.15, -0.1) is 0 Å². The van der Waals surface area contributed by atoms with Crippen molar-refractivity contribution in [2.45, 2.75) is 132 Å². The number of ether oxygens (including phenoxy) is 1. The summed E-state index contributed by atoms with van der Waals surface area (Å²) in [6, 6.07) is 0. The molecule has 5 rings (SSSR count). The summed E-state index contributed by atoms with van der Waals surface area (Å²) in [7, 11) is 0. The van der Waals surface area contributed by atoms with Gasteiger partial charge in [0.15, 0.2) is 0 Å². The van der Waals surface area contributed by atoms with Crippen molar-refractivity contribution in [2.24, 2.45) is 50.2 Å². The van der Waals surface area contributed by atoms with Gasteiger partial charge in [0.05, 0.1) is 6.10 Å². The van der Waals surface area contributed by atoms with E-state index in [9.17, 15) is 19.8 Å². The molecule has 0 radical (unpaired) electrons. The van der Waals surface area contributed by atoms with Crippen LogP contribution in [0.15, 0.2) is 23.3 Å². The van der Waals surface area contributed by atoms with E-state index in [0.717, 1.165) is 44.9 Å². The molecule has 5 nitrogen and oxygen atoms in total. The van der Waals surface area contributed by atoms with Crippen molar-refractivity contribution in [2.75, 3.05) is 0 Å². The van der Waals surface area contributed by atoms with Crippen molar-refractivity contribution in [1.29, 1.82) is 0 Å². The molecule has 0 bridgehead atoms. The van der Waals surface area contributed by atoms with Crippen LogP contribution < -0.4 is 0 Å². The number of carbonyl (C=O) groups excluding carboxylic acids is 1. The Morgan fingerprint density at radius 1 is 0.950 bits per heavy atom. The number of hydrogen-bond donors (Lipinski definition) is 2. The van der Waals surface area contributed by atoms with E-state index >= 15 is 0 Å². The highest BCUT2D eigenvalue weighted by molar-refractivity contribution is 5.88. The predicted molar refractivity (Wildman–Crippen MR) is 157 cm³/mol. The third-order valence-corrected chi connectivity index (χ3v) is 14.0. The molecular weight excluding hydrogens is 500 g/mol. The Hall–Kier alpha value is -1.62. The minimum Gasteiger partial charge on any atom is -0.481 e. The zero-order valence-electron chi connectivity index (χ0n) is 26.5. The van der Waals surface area contributed by atoms with Crippen LogP contribution in [0.2, 0.25) is 0 Å². The average molecular weight is 555 g/mol. The van der Waals surface area contributed by atoms with Gasteiger partial charge < -0.3 is 14.9 Å². The highest BCUT2D eigenvalue weighted by Crippen LogP contribution is 2.75. The third-order valence-electron chi connectivity index (χ3n) is 14.0. The Bertz CT molecular complexity index is 1150.